The molecule has 0 unspecified atom stereocenters. The lowest BCUT2D eigenvalue weighted by atomic mass is 10.2. The molecule has 0 fully saturated rings. The first-order valence-electron chi connectivity index (χ1n) is 9.66. The van der Waals surface area contributed by atoms with Crippen LogP contribution >= 0.6 is 0 Å². The third kappa shape index (κ3) is 5.54. The molecule has 150 valence electrons. The lowest BCUT2D eigenvalue weighted by molar-refractivity contribution is 0.0950. The highest BCUT2D eigenvalue weighted by Gasteiger charge is 2.10. The maximum Gasteiger partial charge on any atom is 0.254 e. The van der Waals surface area contributed by atoms with Crippen molar-refractivity contribution in [2.45, 2.75) is 26.3 Å². The summed E-state index contributed by atoms with van der Waals surface area (Å²) in [5.41, 5.74) is 2.24. The summed E-state index contributed by atoms with van der Waals surface area (Å²) in [6.45, 7) is 3.14. The van der Waals surface area contributed by atoms with Gasteiger partial charge in [-0.1, -0.05) is 49.7 Å². The Balaban J connectivity index is 1.60. The number of rotatable bonds is 9. The van der Waals surface area contributed by atoms with E-state index in [1.807, 2.05) is 48.5 Å². The van der Waals surface area contributed by atoms with Crippen LogP contribution in [0.25, 0.3) is 11.4 Å². The van der Waals surface area contributed by atoms with Crippen molar-refractivity contribution >= 4 is 5.91 Å². The van der Waals surface area contributed by atoms with Crippen LogP contribution in [0.2, 0.25) is 0 Å². The fourth-order valence-corrected chi connectivity index (χ4v) is 2.73. The van der Waals surface area contributed by atoms with Gasteiger partial charge in [-0.3, -0.25) is 4.79 Å². The number of methoxy groups -OCH3 is 1. The number of ether oxygens (including phenoxy) is 2. The summed E-state index contributed by atoms with van der Waals surface area (Å²) in [5.74, 6) is 1.72. The molecule has 0 radical (unpaired) electrons. The Kier molecular flexibility index (Phi) is 7.16. The molecule has 1 amide bonds. The van der Waals surface area contributed by atoms with Gasteiger partial charge in [-0.2, -0.15) is 0 Å². The fourth-order valence-electron chi connectivity index (χ4n) is 2.73. The number of aromatic nitrogens is 2. The van der Waals surface area contributed by atoms with Gasteiger partial charge in [-0.25, -0.2) is 9.97 Å². The first-order valence-corrected chi connectivity index (χ1v) is 9.66. The Morgan fingerprint density at radius 3 is 2.48 bits per heavy atom. The predicted octanol–water partition coefficient (Wildman–Crippen LogP) is 4.26. The summed E-state index contributed by atoms with van der Waals surface area (Å²) in [5, 5.41) is 2.88. The van der Waals surface area contributed by atoms with E-state index < -0.39 is 0 Å². The molecular formula is C23H25N3O3. The van der Waals surface area contributed by atoms with Crippen LogP contribution in [0.1, 0.15) is 35.7 Å². The second kappa shape index (κ2) is 10.2. The molecule has 0 spiro atoms. The van der Waals surface area contributed by atoms with E-state index in [1.54, 1.807) is 7.11 Å². The van der Waals surface area contributed by atoms with Crippen LogP contribution in [0, 0.1) is 0 Å². The van der Waals surface area contributed by atoms with Gasteiger partial charge in [-0.15, -0.1) is 0 Å². The van der Waals surface area contributed by atoms with Gasteiger partial charge in [0.25, 0.3) is 5.91 Å². The summed E-state index contributed by atoms with van der Waals surface area (Å²) >= 11 is 0. The van der Waals surface area contributed by atoms with Gasteiger partial charge in [0.05, 0.1) is 19.3 Å². The highest BCUT2D eigenvalue weighted by Crippen LogP contribution is 2.28. The molecule has 3 aromatic rings. The van der Waals surface area contributed by atoms with Crippen LogP contribution in [-0.2, 0) is 6.54 Å². The van der Waals surface area contributed by atoms with Crippen molar-refractivity contribution in [2.24, 2.45) is 0 Å². The van der Waals surface area contributed by atoms with Crippen molar-refractivity contribution < 1.29 is 14.3 Å². The Bertz CT molecular complexity index is 928. The zero-order valence-corrected chi connectivity index (χ0v) is 16.7. The van der Waals surface area contributed by atoms with E-state index in [2.05, 4.69) is 22.2 Å². The number of hydrogen-bond donors (Lipinski definition) is 1. The van der Waals surface area contributed by atoms with Gasteiger partial charge in [0.1, 0.15) is 0 Å². The van der Waals surface area contributed by atoms with Crippen molar-refractivity contribution in [1.29, 1.82) is 0 Å². The monoisotopic (exact) mass is 391 g/mol. The minimum atomic E-state index is -0.230. The van der Waals surface area contributed by atoms with Crippen molar-refractivity contribution in [1.82, 2.24) is 15.3 Å². The third-order valence-corrected chi connectivity index (χ3v) is 4.38. The number of carbonyl (C=O) groups excluding carboxylic acids is 1. The number of benzene rings is 2. The number of nitrogens with one attached hydrogen (secondary N) is 1. The summed E-state index contributed by atoms with van der Waals surface area (Å²) < 4.78 is 11.1. The predicted molar refractivity (Wildman–Crippen MR) is 112 cm³/mol. The molecule has 0 saturated heterocycles. The summed E-state index contributed by atoms with van der Waals surface area (Å²) in [6, 6.07) is 15.3. The fraction of sp³-hybridized carbons (Fsp3) is 0.261. The van der Waals surface area contributed by atoms with E-state index in [0.717, 1.165) is 24.0 Å². The number of amides is 1. The number of unbranched alkanes of at least 4 members (excludes halogenated alkanes) is 1. The molecule has 1 N–H and O–H groups in total. The first kappa shape index (κ1) is 20.3. The molecule has 0 atom stereocenters. The first-order chi connectivity index (χ1) is 14.2. The number of nitrogens with zero attached hydrogens (tertiary/aromatic N) is 2. The van der Waals surface area contributed by atoms with E-state index in [4.69, 9.17) is 9.47 Å². The summed E-state index contributed by atoms with van der Waals surface area (Å²) in [6.07, 6.45) is 5.14. The van der Waals surface area contributed by atoms with E-state index in [1.165, 1.54) is 12.4 Å². The lowest BCUT2D eigenvalue weighted by Crippen LogP contribution is -2.23. The molecule has 29 heavy (non-hydrogen) atoms. The van der Waals surface area contributed by atoms with E-state index in [9.17, 15) is 4.79 Å². The van der Waals surface area contributed by atoms with Crippen LogP contribution in [0.5, 0.6) is 11.5 Å². The molecule has 0 aliphatic rings. The minimum absolute atomic E-state index is 0.230. The Morgan fingerprint density at radius 2 is 1.79 bits per heavy atom. The molecule has 1 aromatic heterocycles. The van der Waals surface area contributed by atoms with E-state index >= 15 is 0 Å². The largest absolute Gasteiger partial charge is 0.493 e. The lowest BCUT2D eigenvalue weighted by Gasteiger charge is -2.12. The topological polar surface area (TPSA) is 73.3 Å². The van der Waals surface area contributed by atoms with Crippen LogP contribution in [0.3, 0.4) is 0 Å². The summed E-state index contributed by atoms with van der Waals surface area (Å²) in [7, 11) is 1.61. The van der Waals surface area contributed by atoms with Gasteiger partial charge < -0.3 is 14.8 Å². The molecule has 2 aromatic carbocycles. The standard InChI is InChI=1S/C23H25N3O3/c1-3-4-12-29-20-11-10-17(13-21(20)28-2)14-26-23(27)19-15-24-22(25-16-19)18-8-6-5-7-9-18/h5-11,13,15-16H,3-4,12,14H2,1-2H3,(H,26,27). The van der Waals surface area contributed by atoms with E-state index in [-0.39, 0.29) is 5.91 Å². The van der Waals surface area contributed by atoms with Crippen LogP contribution < -0.4 is 14.8 Å². The SMILES string of the molecule is CCCCOc1ccc(CNC(=O)c2cnc(-c3ccccc3)nc2)cc1OC. The van der Waals surface area contributed by atoms with Gasteiger partial charge >= 0.3 is 0 Å². The molecule has 3 rings (SSSR count). The van der Waals surface area contributed by atoms with Crippen molar-refractivity contribution in [2.75, 3.05) is 13.7 Å². The van der Waals surface area contributed by atoms with Gasteiger partial charge in [0, 0.05) is 24.5 Å². The molecule has 0 aliphatic heterocycles. The quantitative estimate of drug-likeness (QED) is 0.552. The average molecular weight is 391 g/mol. The van der Waals surface area contributed by atoms with Gasteiger partial charge in [0.15, 0.2) is 17.3 Å². The molecule has 0 aliphatic carbocycles. The Morgan fingerprint density at radius 1 is 1.03 bits per heavy atom. The summed E-state index contributed by atoms with van der Waals surface area (Å²) in [4.78, 5) is 21.0. The molecule has 0 bridgehead atoms. The third-order valence-electron chi connectivity index (χ3n) is 4.38. The van der Waals surface area contributed by atoms with Crippen LogP contribution in [0.4, 0.5) is 0 Å². The molecule has 1 heterocycles. The van der Waals surface area contributed by atoms with E-state index in [0.29, 0.717) is 36.0 Å². The molecule has 0 saturated carbocycles. The average Bonchev–Trinajstić information content (AvgIpc) is 2.79. The number of hydrogen-bond acceptors (Lipinski definition) is 5. The zero-order valence-electron chi connectivity index (χ0n) is 16.7. The highest BCUT2D eigenvalue weighted by atomic mass is 16.5. The maximum absolute atomic E-state index is 12.4. The van der Waals surface area contributed by atoms with Gasteiger partial charge in [-0.05, 0) is 24.1 Å². The Hall–Kier alpha value is -3.41. The van der Waals surface area contributed by atoms with Gasteiger partial charge in [0.2, 0.25) is 0 Å². The Labute approximate surface area is 170 Å². The number of carbonyl (C=O) groups is 1. The van der Waals surface area contributed by atoms with Crippen molar-refractivity contribution in [3.8, 4) is 22.9 Å². The molecule has 6 heteroatoms. The normalized spacial score (nSPS) is 10.4. The van der Waals surface area contributed by atoms with Crippen LogP contribution in [-0.4, -0.2) is 29.6 Å². The van der Waals surface area contributed by atoms with Crippen molar-refractivity contribution in [3.63, 3.8) is 0 Å². The zero-order chi connectivity index (χ0) is 20.5. The smallest absolute Gasteiger partial charge is 0.254 e. The van der Waals surface area contributed by atoms with Crippen LogP contribution in [0.15, 0.2) is 60.9 Å². The molecule has 6 nitrogen and oxygen atoms in total. The minimum Gasteiger partial charge on any atom is -0.493 e. The van der Waals surface area contributed by atoms with Crippen molar-refractivity contribution in [3.05, 3.63) is 72.1 Å². The maximum atomic E-state index is 12.4. The second-order valence-corrected chi connectivity index (χ2v) is 6.53. The second-order valence-electron chi connectivity index (χ2n) is 6.53. The highest BCUT2D eigenvalue weighted by molar-refractivity contribution is 5.93. The molecular weight excluding hydrogens is 366 g/mol.